The molecule has 1 fully saturated rings. The molecule has 1 heterocycles. The van der Waals surface area contributed by atoms with Gasteiger partial charge in [-0.25, -0.2) is 0 Å². The van der Waals surface area contributed by atoms with Crippen LogP contribution in [0.25, 0.3) is 0 Å². The molecule has 5 atom stereocenters. The van der Waals surface area contributed by atoms with Gasteiger partial charge in [-0.05, 0) is 0 Å². The lowest BCUT2D eigenvalue weighted by molar-refractivity contribution is -0.227. The molecular weight excluding hydrogens is 166 g/mol. The highest BCUT2D eigenvalue weighted by atomic mass is 16.6. The average Bonchev–Trinajstić information content (AvgIpc) is 2.08. The third-order valence-corrected chi connectivity index (χ3v) is 1.93. The molecule has 0 spiro atoms. The standard InChI is InChI=1S/C6H13NO5/c7-6-5(11)4(10)3(9)2(1-8)12-6/h2-6,8-11H,1,7H2/t2-,3+,4?,5-,6-/m1/s1. The Labute approximate surface area is 69.2 Å². The van der Waals surface area contributed by atoms with Gasteiger partial charge in [0.05, 0.1) is 6.61 Å². The number of rotatable bonds is 1. The van der Waals surface area contributed by atoms with Gasteiger partial charge in [-0.15, -0.1) is 0 Å². The van der Waals surface area contributed by atoms with E-state index in [-0.39, 0.29) is 0 Å². The second-order valence-electron chi connectivity index (χ2n) is 2.79. The molecule has 0 saturated carbocycles. The van der Waals surface area contributed by atoms with Gasteiger partial charge in [0.2, 0.25) is 0 Å². The van der Waals surface area contributed by atoms with Crippen molar-refractivity contribution in [1.29, 1.82) is 0 Å². The van der Waals surface area contributed by atoms with E-state index in [0.717, 1.165) is 0 Å². The van der Waals surface area contributed by atoms with E-state index in [1.165, 1.54) is 0 Å². The molecule has 1 saturated heterocycles. The van der Waals surface area contributed by atoms with Crippen molar-refractivity contribution in [3.63, 3.8) is 0 Å². The monoisotopic (exact) mass is 179 g/mol. The molecule has 0 aliphatic carbocycles. The number of hydrogen-bond donors (Lipinski definition) is 5. The summed E-state index contributed by atoms with van der Waals surface area (Å²) in [6, 6.07) is 0. The first-order chi connectivity index (χ1) is 5.57. The van der Waals surface area contributed by atoms with E-state index in [0.29, 0.717) is 0 Å². The van der Waals surface area contributed by atoms with Gasteiger partial charge in [0.25, 0.3) is 0 Å². The van der Waals surface area contributed by atoms with Gasteiger partial charge >= 0.3 is 0 Å². The number of hydrogen-bond acceptors (Lipinski definition) is 6. The number of aliphatic hydroxyl groups is 4. The number of ether oxygens (including phenoxy) is 1. The second kappa shape index (κ2) is 3.65. The van der Waals surface area contributed by atoms with Crippen molar-refractivity contribution < 1.29 is 25.2 Å². The molecule has 12 heavy (non-hydrogen) atoms. The van der Waals surface area contributed by atoms with E-state index >= 15 is 0 Å². The van der Waals surface area contributed by atoms with Gasteiger partial charge < -0.3 is 30.9 Å². The zero-order chi connectivity index (χ0) is 9.30. The quantitative estimate of drug-likeness (QED) is 0.288. The Morgan fingerprint density at radius 3 is 2.17 bits per heavy atom. The van der Waals surface area contributed by atoms with E-state index in [1.54, 1.807) is 0 Å². The van der Waals surface area contributed by atoms with E-state index in [2.05, 4.69) is 0 Å². The van der Waals surface area contributed by atoms with Gasteiger partial charge in [0.1, 0.15) is 30.6 Å². The topological polar surface area (TPSA) is 116 Å². The predicted molar refractivity (Wildman–Crippen MR) is 38.0 cm³/mol. The van der Waals surface area contributed by atoms with Crippen LogP contribution in [-0.2, 0) is 4.74 Å². The average molecular weight is 179 g/mol. The minimum Gasteiger partial charge on any atom is -0.394 e. The molecular formula is C6H13NO5. The molecule has 72 valence electrons. The van der Waals surface area contributed by atoms with Crippen molar-refractivity contribution in [2.45, 2.75) is 30.6 Å². The molecule has 0 amide bonds. The first kappa shape index (κ1) is 9.85. The Kier molecular flexibility index (Phi) is 2.99. The van der Waals surface area contributed by atoms with Gasteiger partial charge in [0.15, 0.2) is 0 Å². The molecule has 6 N–H and O–H groups in total. The maximum Gasteiger partial charge on any atom is 0.135 e. The Hall–Kier alpha value is -0.240. The van der Waals surface area contributed by atoms with E-state index in [9.17, 15) is 5.11 Å². The molecule has 1 unspecified atom stereocenters. The SMILES string of the molecule is N[C@@H]1O[C@H](CO)[C@H](O)C(O)[C@H]1O. The third kappa shape index (κ3) is 1.58. The van der Waals surface area contributed by atoms with E-state index in [1.807, 2.05) is 0 Å². The smallest absolute Gasteiger partial charge is 0.135 e. The van der Waals surface area contributed by atoms with Gasteiger partial charge in [-0.2, -0.15) is 0 Å². The van der Waals surface area contributed by atoms with Crippen LogP contribution in [0.2, 0.25) is 0 Å². The molecule has 1 aliphatic rings. The molecule has 0 radical (unpaired) electrons. The fraction of sp³-hybridized carbons (Fsp3) is 1.00. The van der Waals surface area contributed by atoms with Crippen LogP contribution in [0.4, 0.5) is 0 Å². The zero-order valence-electron chi connectivity index (χ0n) is 6.37. The summed E-state index contributed by atoms with van der Waals surface area (Å²) in [5.41, 5.74) is 5.24. The molecule has 0 aromatic heterocycles. The summed E-state index contributed by atoms with van der Waals surface area (Å²) >= 11 is 0. The lowest BCUT2D eigenvalue weighted by Crippen LogP contribution is -2.61. The maximum atomic E-state index is 9.18. The summed E-state index contributed by atoms with van der Waals surface area (Å²) in [6.07, 6.45) is -5.99. The fourth-order valence-corrected chi connectivity index (χ4v) is 1.13. The molecule has 6 heteroatoms. The van der Waals surface area contributed by atoms with Crippen LogP contribution in [0.5, 0.6) is 0 Å². The normalized spacial score (nSPS) is 49.2. The van der Waals surface area contributed by atoms with Crippen molar-refractivity contribution in [2.75, 3.05) is 6.61 Å². The van der Waals surface area contributed by atoms with Crippen LogP contribution in [0, 0.1) is 0 Å². The Morgan fingerprint density at radius 2 is 1.67 bits per heavy atom. The number of aliphatic hydroxyl groups excluding tert-OH is 4. The minimum atomic E-state index is -1.37. The van der Waals surface area contributed by atoms with Gasteiger partial charge in [-0.1, -0.05) is 0 Å². The third-order valence-electron chi connectivity index (χ3n) is 1.93. The van der Waals surface area contributed by atoms with Crippen molar-refractivity contribution in [3.05, 3.63) is 0 Å². The molecule has 1 rings (SSSR count). The highest BCUT2D eigenvalue weighted by Gasteiger charge is 2.41. The van der Waals surface area contributed by atoms with Crippen LogP contribution < -0.4 is 5.73 Å². The van der Waals surface area contributed by atoms with E-state index in [4.69, 9.17) is 25.8 Å². The molecule has 1 aliphatic heterocycles. The van der Waals surface area contributed by atoms with Crippen molar-refractivity contribution in [2.24, 2.45) is 5.73 Å². The van der Waals surface area contributed by atoms with Crippen LogP contribution >= 0.6 is 0 Å². The highest BCUT2D eigenvalue weighted by molar-refractivity contribution is 4.89. The Morgan fingerprint density at radius 1 is 1.08 bits per heavy atom. The van der Waals surface area contributed by atoms with Crippen LogP contribution in [-0.4, -0.2) is 57.7 Å². The molecule has 6 nitrogen and oxygen atoms in total. The fourth-order valence-electron chi connectivity index (χ4n) is 1.13. The summed E-state index contributed by atoms with van der Waals surface area (Å²) in [5, 5.41) is 36.1. The predicted octanol–water partition coefficient (Wildman–Crippen LogP) is -3.25. The lowest BCUT2D eigenvalue weighted by atomic mass is 9.99. The van der Waals surface area contributed by atoms with Crippen LogP contribution in [0.1, 0.15) is 0 Å². The first-order valence-corrected chi connectivity index (χ1v) is 3.64. The summed E-state index contributed by atoms with van der Waals surface area (Å²) in [4.78, 5) is 0. The second-order valence-corrected chi connectivity index (χ2v) is 2.79. The summed E-state index contributed by atoms with van der Waals surface area (Å²) in [5.74, 6) is 0. The summed E-state index contributed by atoms with van der Waals surface area (Å²) < 4.78 is 4.80. The lowest BCUT2D eigenvalue weighted by Gasteiger charge is -2.38. The minimum absolute atomic E-state index is 0.446. The maximum absolute atomic E-state index is 9.18. The number of nitrogens with two attached hydrogens (primary N) is 1. The van der Waals surface area contributed by atoms with Crippen molar-refractivity contribution in [1.82, 2.24) is 0 Å². The summed E-state index contributed by atoms with van der Waals surface area (Å²) in [6.45, 7) is -0.446. The van der Waals surface area contributed by atoms with Crippen molar-refractivity contribution in [3.8, 4) is 0 Å². The van der Waals surface area contributed by atoms with E-state index < -0.39 is 37.3 Å². The first-order valence-electron chi connectivity index (χ1n) is 3.64. The Balaban J connectivity index is 2.63. The van der Waals surface area contributed by atoms with Gasteiger partial charge in [-0.3, -0.25) is 0 Å². The zero-order valence-corrected chi connectivity index (χ0v) is 6.37. The largest absolute Gasteiger partial charge is 0.394 e. The van der Waals surface area contributed by atoms with Crippen LogP contribution in [0.15, 0.2) is 0 Å². The van der Waals surface area contributed by atoms with Crippen LogP contribution in [0.3, 0.4) is 0 Å². The molecule has 0 bridgehead atoms. The summed E-state index contributed by atoms with van der Waals surface area (Å²) in [7, 11) is 0. The highest BCUT2D eigenvalue weighted by Crippen LogP contribution is 2.17. The Bertz CT molecular complexity index is 150. The molecule has 0 aromatic carbocycles. The van der Waals surface area contributed by atoms with Gasteiger partial charge in [0, 0.05) is 0 Å². The van der Waals surface area contributed by atoms with Crippen molar-refractivity contribution >= 4 is 0 Å². The molecule has 0 aromatic rings.